The highest BCUT2D eigenvalue weighted by Gasteiger charge is 2.55. The van der Waals surface area contributed by atoms with E-state index >= 15 is 0 Å². The number of carbonyl (C=O) groups is 3. The van der Waals surface area contributed by atoms with Crippen molar-refractivity contribution in [1.29, 1.82) is 0 Å². The van der Waals surface area contributed by atoms with Crippen LogP contribution in [-0.2, 0) is 9.59 Å². The molecular weight excluding hydrogens is 320 g/mol. The van der Waals surface area contributed by atoms with Crippen molar-refractivity contribution < 1.29 is 14.4 Å². The van der Waals surface area contributed by atoms with E-state index in [1.165, 1.54) is 0 Å². The summed E-state index contributed by atoms with van der Waals surface area (Å²) in [4.78, 5) is 40.8. The van der Waals surface area contributed by atoms with Gasteiger partial charge in [0.05, 0.1) is 0 Å². The van der Waals surface area contributed by atoms with Crippen molar-refractivity contribution >= 4 is 17.8 Å². The number of rotatable bonds is 3. The molecule has 4 amide bonds. The van der Waals surface area contributed by atoms with Crippen LogP contribution >= 0.6 is 0 Å². The summed E-state index contributed by atoms with van der Waals surface area (Å²) < 4.78 is 0. The molecule has 1 spiro atoms. The van der Waals surface area contributed by atoms with E-state index < -0.39 is 11.6 Å². The Morgan fingerprint density at radius 2 is 1.96 bits per heavy atom. The number of imide groups is 1. The highest BCUT2D eigenvalue weighted by Crippen LogP contribution is 2.38. The molecule has 2 saturated heterocycles. The minimum Gasteiger partial charge on any atom is -0.341 e. The minimum atomic E-state index is -0.794. The summed E-state index contributed by atoms with van der Waals surface area (Å²) in [6, 6.07) is -0.284. The Morgan fingerprint density at radius 1 is 1.28 bits per heavy atom. The van der Waals surface area contributed by atoms with Crippen molar-refractivity contribution in [1.82, 2.24) is 15.1 Å². The monoisotopic (exact) mass is 350 g/mol. The first-order chi connectivity index (χ1) is 11.8. The van der Waals surface area contributed by atoms with Gasteiger partial charge in [-0.05, 0) is 44.4 Å². The summed E-state index contributed by atoms with van der Waals surface area (Å²) in [5.41, 5.74) is 5.15. The SMILES string of the molecule is CC(N)C1CCN(C(=O)CN2C(=O)NC3(CCCCC3C)C2=O)CC1. The topological polar surface area (TPSA) is 95.7 Å². The lowest BCUT2D eigenvalue weighted by molar-refractivity contribution is -0.141. The van der Waals surface area contributed by atoms with E-state index in [9.17, 15) is 14.4 Å². The third-order valence-electron chi connectivity index (χ3n) is 6.43. The summed E-state index contributed by atoms with van der Waals surface area (Å²) in [6.07, 6.45) is 5.37. The third-order valence-corrected chi connectivity index (χ3v) is 6.43. The predicted octanol–water partition coefficient (Wildman–Crippen LogP) is 1.07. The van der Waals surface area contributed by atoms with Crippen LogP contribution in [0.15, 0.2) is 0 Å². The number of nitrogens with one attached hydrogen (secondary N) is 1. The molecule has 0 aromatic carbocycles. The fourth-order valence-electron chi connectivity index (χ4n) is 4.55. The van der Waals surface area contributed by atoms with Crippen LogP contribution in [0.3, 0.4) is 0 Å². The van der Waals surface area contributed by atoms with Crippen LogP contribution in [0.1, 0.15) is 52.4 Å². The zero-order valence-electron chi connectivity index (χ0n) is 15.3. The van der Waals surface area contributed by atoms with Crippen molar-refractivity contribution in [2.75, 3.05) is 19.6 Å². The first-order valence-electron chi connectivity index (χ1n) is 9.52. The van der Waals surface area contributed by atoms with Crippen molar-refractivity contribution in [2.45, 2.75) is 64.0 Å². The molecular formula is C18H30N4O3. The van der Waals surface area contributed by atoms with E-state index in [2.05, 4.69) is 5.32 Å². The molecule has 2 heterocycles. The van der Waals surface area contributed by atoms with Crippen LogP contribution in [-0.4, -0.2) is 58.9 Å². The molecule has 2 aliphatic heterocycles. The molecule has 140 valence electrons. The summed E-state index contributed by atoms with van der Waals surface area (Å²) >= 11 is 0. The van der Waals surface area contributed by atoms with E-state index in [1.54, 1.807) is 4.90 Å². The van der Waals surface area contributed by atoms with E-state index in [4.69, 9.17) is 5.73 Å². The number of nitrogens with two attached hydrogens (primary N) is 1. The summed E-state index contributed by atoms with van der Waals surface area (Å²) in [6.45, 7) is 5.16. The second-order valence-corrected chi connectivity index (χ2v) is 8.02. The van der Waals surface area contributed by atoms with E-state index in [-0.39, 0.29) is 30.3 Å². The molecule has 0 bridgehead atoms. The number of carbonyl (C=O) groups excluding carboxylic acids is 3. The Labute approximate surface area is 149 Å². The third kappa shape index (κ3) is 3.26. The van der Waals surface area contributed by atoms with Gasteiger partial charge in [-0.1, -0.05) is 19.8 Å². The molecule has 0 aromatic rings. The lowest BCUT2D eigenvalue weighted by Crippen LogP contribution is -2.54. The number of nitrogens with zero attached hydrogens (tertiary/aromatic N) is 2. The molecule has 1 saturated carbocycles. The molecule has 3 aliphatic rings. The van der Waals surface area contributed by atoms with Crippen molar-refractivity contribution in [3.8, 4) is 0 Å². The molecule has 25 heavy (non-hydrogen) atoms. The van der Waals surface area contributed by atoms with Crippen LogP contribution in [0.4, 0.5) is 4.79 Å². The normalized spacial score (nSPS) is 32.2. The minimum absolute atomic E-state index is 0.111. The Hall–Kier alpha value is -1.63. The predicted molar refractivity (Wildman–Crippen MR) is 93.6 cm³/mol. The molecule has 3 fully saturated rings. The van der Waals surface area contributed by atoms with Gasteiger partial charge in [0.15, 0.2) is 0 Å². The van der Waals surface area contributed by atoms with Crippen LogP contribution in [0.2, 0.25) is 0 Å². The van der Waals surface area contributed by atoms with E-state index in [1.807, 2.05) is 13.8 Å². The average molecular weight is 350 g/mol. The number of hydrogen-bond donors (Lipinski definition) is 2. The fourth-order valence-corrected chi connectivity index (χ4v) is 4.55. The highest BCUT2D eigenvalue weighted by atomic mass is 16.2. The maximum absolute atomic E-state index is 12.9. The quantitative estimate of drug-likeness (QED) is 0.744. The molecule has 7 nitrogen and oxygen atoms in total. The Morgan fingerprint density at radius 3 is 2.56 bits per heavy atom. The zero-order chi connectivity index (χ0) is 18.2. The van der Waals surface area contributed by atoms with Crippen molar-refractivity contribution in [3.63, 3.8) is 0 Å². The van der Waals surface area contributed by atoms with Gasteiger partial charge in [0, 0.05) is 19.1 Å². The fraction of sp³-hybridized carbons (Fsp3) is 0.833. The van der Waals surface area contributed by atoms with Gasteiger partial charge in [0.25, 0.3) is 5.91 Å². The van der Waals surface area contributed by atoms with Crippen LogP contribution < -0.4 is 11.1 Å². The van der Waals surface area contributed by atoms with Gasteiger partial charge in [-0.2, -0.15) is 0 Å². The number of likely N-dealkylation sites (tertiary alicyclic amines) is 1. The lowest BCUT2D eigenvalue weighted by atomic mass is 9.73. The van der Waals surface area contributed by atoms with Gasteiger partial charge in [-0.25, -0.2) is 4.79 Å². The highest BCUT2D eigenvalue weighted by molar-refractivity contribution is 6.09. The first kappa shape index (κ1) is 18.2. The molecule has 1 aliphatic carbocycles. The summed E-state index contributed by atoms with van der Waals surface area (Å²) in [7, 11) is 0. The van der Waals surface area contributed by atoms with E-state index in [0.717, 1.165) is 37.0 Å². The summed E-state index contributed by atoms with van der Waals surface area (Å²) in [5, 5.41) is 2.90. The Balaban J connectivity index is 1.62. The number of hydrogen-bond acceptors (Lipinski definition) is 4. The van der Waals surface area contributed by atoms with Gasteiger partial charge in [-0.15, -0.1) is 0 Å². The Kier molecular flexibility index (Phi) is 5.04. The Bertz CT molecular complexity index is 557. The van der Waals surface area contributed by atoms with Gasteiger partial charge >= 0.3 is 6.03 Å². The van der Waals surface area contributed by atoms with Crippen molar-refractivity contribution in [2.24, 2.45) is 17.6 Å². The number of amides is 4. The second kappa shape index (κ2) is 6.94. The largest absolute Gasteiger partial charge is 0.341 e. The van der Waals surface area contributed by atoms with Crippen LogP contribution in [0.5, 0.6) is 0 Å². The molecule has 0 aromatic heterocycles. The second-order valence-electron chi connectivity index (χ2n) is 8.02. The average Bonchev–Trinajstić information content (AvgIpc) is 2.82. The standard InChI is InChI=1S/C18H30N4O3/c1-12-5-3-4-8-18(12)16(24)22(17(25)20-18)11-15(23)21-9-6-14(7-10-21)13(2)19/h12-14H,3-11,19H2,1-2H3,(H,20,25). The number of urea groups is 1. The molecule has 7 heteroatoms. The molecule has 3 atom stereocenters. The maximum atomic E-state index is 12.9. The van der Waals surface area contributed by atoms with E-state index in [0.29, 0.717) is 25.4 Å². The van der Waals surface area contributed by atoms with Gasteiger partial charge in [0.2, 0.25) is 5.91 Å². The zero-order valence-corrected chi connectivity index (χ0v) is 15.3. The summed E-state index contributed by atoms with van der Waals surface area (Å²) in [5.74, 6) is 0.183. The van der Waals surface area contributed by atoms with Gasteiger partial charge in [0.1, 0.15) is 12.1 Å². The molecule has 3 unspecified atom stereocenters. The molecule has 0 radical (unpaired) electrons. The van der Waals surface area contributed by atoms with Crippen molar-refractivity contribution in [3.05, 3.63) is 0 Å². The van der Waals surface area contributed by atoms with Gasteiger partial charge < -0.3 is 16.0 Å². The van der Waals surface area contributed by atoms with Gasteiger partial charge in [-0.3, -0.25) is 14.5 Å². The maximum Gasteiger partial charge on any atom is 0.325 e. The molecule has 3 N–H and O–H groups in total. The van der Waals surface area contributed by atoms with Crippen LogP contribution in [0.25, 0.3) is 0 Å². The first-order valence-corrected chi connectivity index (χ1v) is 9.52. The number of piperidine rings is 1. The lowest BCUT2D eigenvalue weighted by Gasteiger charge is -2.37. The smallest absolute Gasteiger partial charge is 0.325 e. The molecule has 3 rings (SSSR count). The van der Waals surface area contributed by atoms with Crippen LogP contribution in [0, 0.1) is 11.8 Å².